The topological polar surface area (TPSA) is 86.0 Å². The normalized spacial score (nSPS) is 11.1. The van der Waals surface area contributed by atoms with Gasteiger partial charge in [-0.2, -0.15) is 5.10 Å². The number of nitrogens with one attached hydrogen (secondary N) is 1. The molecule has 0 saturated carbocycles. The predicted octanol–water partition coefficient (Wildman–Crippen LogP) is 3.74. The van der Waals surface area contributed by atoms with Gasteiger partial charge in [-0.05, 0) is 18.2 Å². The fourth-order valence-corrected chi connectivity index (χ4v) is 3.05. The van der Waals surface area contributed by atoms with E-state index in [2.05, 4.69) is 15.5 Å². The van der Waals surface area contributed by atoms with E-state index in [1.165, 1.54) is 32.2 Å². The number of hydrazone groups is 1. The Labute approximate surface area is 164 Å². The van der Waals surface area contributed by atoms with Gasteiger partial charge in [-0.25, -0.2) is 10.4 Å². The molecule has 1 heterocycles. The van der Waals surface area contributed by atoms with Crippen molar-refractivity contribution in [1.82, 2.24) is 10.4 Å². The summed E-state index contributed by atoms with van der Waals surface area (Å²) < 4.78 is 15.9. The SMILES string of the molecule is COc1cc(Cl)c(/C=N\NC(=O)CSc2nc3ccccc3o2)cc1OC. The third-order valence-electron chi connectivity index (χ3n) is 3.50. The maximum absolute atomic E-state index is 11.9. The molecule has 1 N–H and O–H groups in total. The van der Waals surface area contributed by atoms with Crippen LogP contribution < -0.4 is 14.9 Å². The lowest BCUT2D eigenvalue weighted by Crippen LogP contribution is -2.19. The zero-order valence-corrected chi connectivity index (χ0v) is 16.1. The van der Waals surface area contributed by atoms with Crippen molar-refractivity contribution in [2.45, 2.75) is 5.22 Å². The molecule has 0 saturated heterocycles. The summed E-state index contributed by atoms with van der Waals surface area (Å²) in [5.41, 5.74) is 4.46. The fourth-order valence-electron chi connectivity index (χ4n) is 2.22. The first-order chi connectivity index (χ1) is 13.1. The van der Waals surface area contributed by atoms with Gasteiger partial charge in [0, 0.05) is 11.6 Å². The number of nitrogens with zero attached hydrogens (tertiary/aromatic N) is 2. The number of aromatic nitrogens is 1. The van der Waals surface area contributed by atoms with E-state index in [1.807, 2.05) is 24.3 Å². The number of fused-ring (bicyclic) bond motifs is 1. The maximum atomic E-state index is 11.9. The Balaban J connectivity index is 1.57. The van der Waals surface area contributed by atoms with Gasteiger partial charge in [0.15, 0.2) is 17.1 Å². The van der Waals surface area contributed by atoms with Crippen molar-refractivity contribution in [1.29, 1.82) is 0 Å². The zero-order valence-electron chi connectivity index (χ0n) is 14.6. The molecule has 3 rings (SSSR count). The standard InChI is InChI=1S/C18H16ClN3O4S/c1-24-15-7-11(12(19)8-16(15)25-2)9-20-22-17(23)10-27-18-21-13-5-3-4-6-14(13)26-18/h3-9H,10H2,1-2H3,(H,22,23)/b20-9-. The van der Waals surface area contributed by atoms with Gasteiger partial charge in [0.2, 0.25) is 0 Å². The quantitative estimate of drug-likeness (QED) is 0.366. The first kappa shape index (κ1) is 19.1. The van der Waals surface area contributed by atoms with Crippen LogP contribution in [0.15, 0.2) is 51.1 Å². The van der Waals surface area contributed by atoms with Crippen LogP contribution >= 0.6 is 23.4 Å². The van der Waals surface area contributed by atoms with Gasteiger partial charge in [0.25, 0.3) is 11.1 Å². The van der Waals surface area contributed by atoms with Crippen LogP contribution in [-0.4, -0.2) is 37.1 Å². The van der Waals surface area contributed by atoms with Crippen molar-refractivity contribution in [3.8, 4) is 11.5 Å². The Morgan fingerprint density at radius 1 is 1.30 bits per heavy atom. The molecule has 1 amide bonds. The van der Waals surface area contributed by atoms with Crippen LogP contribution in [0.4, 0.5) is 0 Å². The van der Waals surface area contributed by atoms with Gasteiger partial charge in [-0.15, -0.1) is 0 Å². The smallest absolute Gasteiger partial charge is 0.257 e. The predicted molar refractivity (Wildman–Crippen MR) is 105 cm³/mol. The molecule has 140 valence electrons. The van der Waals surface area contributed by atoms with Crippen LogP contribution in [0.2, 0.25) is 5.02 Å². The Morgan fingerprint density at radius 2 is 2.04 bits per heavy atom. The summed E-state index contributed by atoms with van der Waals surface area (Å²) in [6, 6.07) is 10.7. The van der Waals surface area contributed by atoms with Crippen LogP contribution in [0.3, 0.4) is 0 Å². The molecule has 0 aliphatic carbocycles. The number of rotatable bonds is 7. The molecule has 3 aromatic rings. The number of methoxy groups -OCH3 is 2. The number of carbonyl (C=O) groups excluding carboxylic acids is 1. The summed E-state index contributed by atoms with van der Waals surface area (Å²) in [5.74, 6) is 0.846. The van der Waals surface area contributed by atoms with E-state index in [9.17, 15) is 4.79 Å². The Hall–Kier alpha value is -2.71. The molecule has 0 unspecified atom stereocenters. The summed E-state index contributed by atoms with van der Waals surface area (Å²) in [4.78, 5) is 16.2. The van der Waals surface area contributed by atoms with Gasteiger partial charge in [0.1, 0.15) is 5.52 Å². The first-order valence-corrected chi connectivity index (χ1v) is 9.19. The first-order valence-electron chi connectivity index (χ1n) is 7.82. The number of amides is 1. The van der Waals surface area contributed by atoms with E-state index in [-0.39, 0.29) is 11.7 Å². The summed E-state index contributed by atoms with van der Waals surface area (Å²) >= 11 is 7.36. The number of hydrogen-bond donors (Lipinski definition) is 1. The molecule has 7 nitrogen and oxygen atoms in total. The number of carbonyl (C=O) groups is 1. The molecule has 1 aromatic heterocycles. The van der Waals surface area contributed by atoms with Crippen molar-refractivity contribution in [2.75, 3.05) is 20.0 Å². The Bertz CT molecular complexity index is 957. The Morgan fingerprint density at radius 3 is 2.78 bits per heavy atom. The summed E-state index contributed by atoms with van der Waals surface area (Å²) in [6.45, 7) is 0. The molecular weight excluding hydrogens is 390 g/mol. The number of benzene rings is 2. The van der Waals surface area contributed by atoms with Gasteiger partial charge < -0.3 is 13.9 Å². The molecule has 0 spiro atoms. The highest BCUT2D eigenvalue weighted by Crippen LogP contribution is 2.32. The minimum absolute atomic E-state index is 0.115. The van der Waals surface area contributed by atoms with Gasteiger partial charge in [-0.1, -0.05) is 35.5 Å². The van der Waals surface area contributed by atoms with Crippen molar-refractivity contribution in [3.63, 3.8) is 0 Å². The molecular formula is C18H16ClN3O4S. The van der Waals surface area contributed by atoms with Crippen LogP contribution in [0.25, 0.3) is 11.1 Å². The van der Waals surface area contributed by atoms with Gasteiger partial charge in [-0.3, -0.25) is 4.79 Å². The van der Waals surface area contributed by atoms with Crippen molar-refractivity contribution in [3.05, 3.63) is 47.0 Å². The average Bonchev–Trinajstić information content (AvgIpc) is 3.10. The molecule has 0 aliphatic heterocycles. The molecule has 27 heavy (non-hydrogen) atoms. The third-order valence-corrected chi connectivity index (χ3v) is 4.65. The van der Waals surface area contributed by atoms with Crippen LogP contribution in [0, 0.1) is 0 Å². The van der Waals surface area contributed by atoms with E-state index < -0.39 is 0 Å². The number of ether oxygens (including phenoxy) is 2. The molecule has 9 heteroatoms. The lowest BCUT2D eigenvalue weighted by Gasteiger charge is -2.09. The second kappa shape index (κ2) is 8.79. The minimum Gasteiger partial charge on any atom is -0.493 e. The molecule has 0 aliphatic rings. The number of oxazole rings is 1. The van der Waals surface area contributed by atoms with E-state index in [1.54, 1.807) is 12.1 Å². The molecule has 0 radical (unpaired) electrons. The second-order valence-electron chi connectivity index (χ2n) is 5.26. The number of thioether (sulfide) groups is 1. The Kier molecular flexibility index (Phi) is 6.20. The van der Waals surface area contributed by atoms with Crippen LogP contribution in [0.5, 0.6) is 11.5 Å². The van der Waals surface area contributed by atoms with E-state index in [0.29, 0.717) is 32.9 Å². The van der Waals surface area contributed by atoms with Crippen molar-refractivity contribution >= 4 is 46.6 Å². The zero-order chi connectivity index (χ0) is 19.2. The summed E-state index contributed by atoms with van der Waals surface area (Å²) in [5, 5.41) is 4.77. The minimum atomic E-state index is -0.296. The lowest BCUT2D eigenvalue weighted by atomic mass is 10.2. The highest BCUT2D eigenvalue weighted by molar-refractivity contribution is 7.99. The van der Waals surface area contributed by atoms with Crippen molar-refractivity contribution < 1.29 is 18.7 Å². The highest BCUT2D eigenvalue weighted by atomic mass is 35.5. The van der Waals surface area contributed by atoms with Crippen LogP contribution in [0.1, 0.15) is 5.56 Å². The largest absolute Gasteiger partial charge is 0.493 e. The average molecular weight is 406 g/mol. The molecule has 0 fully saturated rings. The maximum Gasteiger partial charge on any atom is 0.257 e. The summed E-state index contributed by atoms with van der Waals surface area (Å²) in [7, 11) is 3.05. The van der Waals surface area contributed by atoms with Gasteiger partial charge in [0.05, 0.1) is 31.2 Å². The fraction of sp³-hybridized carbons (Fsp3) is 0.167. The molecule has 0 bridgehead atoms. The monoisotopic (exact) mass is 405 g/mol. The number of para-hydroxylation sites is 2. The van der Waals surface area contributed by atoms with E-state index in [4.69, 9.17) is 25.5 Å². The molecule has 2 aromatic carbocycles. The third kappa shape index (κ3) is 4.72. The lowest BCUT2D eigenvalue weighted by molar-refractivity contribution is -0.118. The van der Waals surface area contributed by atoms with Gasteiger partial charge >= 0.3 is 0 Å². The number of hydrogen-bond acceptors (Lipinski definition) is 7. The van der Waals surface area contributed by atoms with Crippen LogP contribution in [-0.2, 0) is 4.79 Å². The second-order valence-corrected chi connectivity index (χ2v) is 6.59. The summed E-state index contributed by atoms with van der Waals surface area (Å²) in [6.07, 6.45) is 1.44. The molecule has 0 atom stereocenters. The number of halogens is 1. The van der Waals surface area contributed by atoms with E-state index in [0.717, 1.165) is 5.52 Å². The van der Waals surface area contributed by atoms with E-state index >= 15 is 0 Å². The van der Waals surface area contributed by atoms with Crippen molar-refractivity contribution in [2.24, 2.45) is 5.10 Å². The highest BCUT2D eigenvalue weighted by Gasteiger charge is 2.10.